The van der Waals surface area contributed by atoms with Gasteiger partial charge in [0, 0.05) is 37.9 Å². The van der Waals surface area contributed by atoms with Gasteiger partial charge >= 0.3 is 0 Å². The van der Waals surface area contributed by atoms with Crippen LogP contribution in [0, 0.1) is 6.92 Å². The predicted molar refractivity (Wildman–Crippen MR) is 74.6 cm³/mol. The molecule has 1 aromatic heterocycles. The topological polar surface area (TPSA) is 61.5 Å². The van der Waals surface area contributed by atoms with E-state index in [4.69, 9.17) is 4.74 Å². The largest absolute Gasteiger partial charge is 0.379 e. The molecule has 3 rings (SSSR count). The van der Waals surface area contributed by atoms with Crippen LogP contribution >= 0.6 is 0 Å². The lowest BCUT2D eigenvalue weighted by atomic mass is 10.0. The van der Waals surface area contributed by atoms with Crippen LogP contribution in [0.2, 0.25) is 0 Å². The number of carbonyl (C=O) groups is 1. The highest BCUT2D eigenvalue weighted by molar-refractivity contribution is 5.95. The Balaban J connectivity index is 1.65. The van der Waals surface area contributed by atoms with E-state index in [-0.39, 0.29) is 5.91 Å². The third-order valence-corrected chi connectivity index (χ3v) is 4.31. The van der Waals surface area contributed by atoms with E-state index >= 15 is 0 Å². The van der Waals surface area contributed by atoms with Crippen LogP contribution in [0.1, 0.15) is 28.9 Å². The maximum atomic E-state index is 12.5. The molecular formula is C14H22N4O2. The number of H-pyrrole nitrogens is 1. The number of amides is 1. The summed E-state index contributed by atoms with van der Waals surface area (Å²) in [4.78, 5) is 17.0. The van der Waals surface area contributed by atoms with Crippen molar-refractivity contribution in [1.29, 1.82) is 0 Å². The molecule has 1 N–H and O–H groups in total. The van der Waals surface area contributed by atoms with Gasteiger partial charge in [-0.25, -0.2) is 0 Å². The number of hydrogen-bond donors (Lipinski definition) is 1. The Morgan fingerprint density at radius 1 is 1.40 bits per heavy atom. The normalized spacial score (nSPS) is 24.9. The average molecular weight is 278 g/mol. The number of aromatic nitrogens is 2. The van der Waals surface area contributed by atoms with Gasteiger partial charge in [-0.2, -0.15) is 5.10 Å². The first kappa shape index (κ1) is 13.6. The third-order valence-electron chi connectivity index (χ3n) is 4.31. The van der Waals surface area contributed by atoms with E-state index in [0.29, 0.717) is 11.6 Å². The van der Waals surface area contributed by atoms with E-state index < -0.39 is 0 Å². The average Bonchev–Trinajstić information content (AvgIpc) is 2.94. The van der Waals surface area contributed by atoms with Crippen LogP contribution in [0.15, 0.2) is 6.20 Å². The van der Waals surface area contributed by atoms with Gasteiger partial charge in [0.1, 0.15) is 0 Å². The van der Waals surface area contributed by atoms with Crippen molar-refractivity contribution in [1.82, 2.24) is 20.0 Å². The van der Waals surface area contributed by atoms with Gasteiger partial charge in [0.2, 0.25) is 0 Å². The molecule has 6 heteroatoms. The Labute approximate surface area is 119 Å². The van der Waals surface area contributed by atoms with Crippen LogP contribution < -0.4 is 0 Å². The number of likely N-dealkylation sites (tertiary alicyclic amines) is 1. The number of aryl methyl sites for hydroxylation is 1. The minimum Gasteiger partial charge on any atom is -0.379 e. The Hall–Kier alpha value is -1.40. The molecule has 20 heavy (non-hydrogen) atoms. The maximum Gasteiger partial charge on any atom is 0.257 e. The van der Waals surface area contributed by atoms with Crippen LogP contribution in [0.25, 0.3) is 0 Å². The summed E-state index contributed by atoms with van der Waals surface area (Å²) in [6.07, 6.45) is 3.88. The quantitative estimate of drug-likeness (QED) is 0.863. The molecule has 0 radical (unpaired) electrons. The van der Waals surface area contributed by atoms with Gasteiger partial charge in [-0.3, -0.25) is 14.8 Å². The minimum atomic E-state index is 0.106. The van der Waals surface area contributed by atoms with Crippen molar-refractivity contribution in [3.05, 3.63) is 17.5 Å². The number of rotatable bonds is 2. The van der Waals surface area contributed by atoms with Crippen LogP contribution in [-0.2, 0) is 4.74 Å². The highest BCUT2D eigenvalue weighted by Gasteiger charge is 2.29. The molecular weight excluding hydrogens is 256 g/mol. The van der Waals surface area contributed by atoms with Crippen LogP contribution in [0.4, 0.5) is 0 Å². The summed E-state index contributed by atoms with van der Waals surface area (Å²) in [5, 5.41) is 6.79. The SMILES string of the molecule is Cc1[nH]ncc1C(=O)N1CCC[C@H](N2CCOCC2)C1. The monoisotopic (exact) mass is 278 g/mol. The van der Waals surface area contributed by atoms with Crippen molar-refractivity contribution >= 4 is 5.91 Å². The number of piperidine rings is 1. The Morgan fingerprint density at radius 2 is 2.20 bits per heavy atom. The van der Waals surface area contributed by atoms with Gasteiger partial charge in [-0.1, -0.05) is 0 Å². The first-order valence-corrected chi connectivity index (χ1v) is 7.37. The summed E-state index contributed by atoms with van der Waals surface area (Å²) in [5.74, 6) is 0.106. The second-order valence-electron chi connectivity index (χ2n) is 5.60. The summed E-state index contributed by atoms with van der Waals surface area (Å²) in [5.41, 5.74) is 1.55. The van der Waals surface area contributed by atoms with Crippen LogP contribution in [-0.4, -0.2) is 71.3 Å². The zero-order valence-corrected chi connectivity index (χ0v) is 12.0. The molecule has 2 saturated heterocycles. The second kappa shape index (κ2) is 5.93. The molecule has 0 unspecified atom stereocenters. The molecule has 1 aromatic rings. The van der Waals surface area contributed by atoms with E-state index in [1.54, 1.807) is 6.20 Å². The molecule has 2 aliphatic rings. The van der Waals surface area contributed by atoms with Crippen molar-refractivity contribution in [2.24, 2.45) is 0 Å². The zero-order valence-electron chi connectivity index (χ0n) is 12.0. The number of morpholine rings is 1. The molecule has 2 fully saturated rings. The Morgan fingerprint density at radius 3 is 2.90 bits per heavy atom. The lowest BCUT2D eigenvalue weighted by molar-refractivity contribution is -0.00121. The first-order chi connectivity index (χ1) is 9.75. The number of carbonyl (C=O) groups excluding carboxylic acids is 1. The molecule has 1 amide bonds. The molecule has 0 aromatic carbocycles. The molecule has 1 atom stereocenters. The van der Waals surface area contributed by atoms with Crippen molar-refractivity contribution in [3.8, 4) is 0 Å². The van der Waals surface area contributed by atoms with E-state index in [2.05, 4.69) is 15.1 Å². The van der Waals surface area contributed by atoms with Crippen molar-refractivity contribution in [2.45, 2.75) is 25.8 Å². The van der Waals surface area contributed by atoms with Gasteiger partial charge in [0.05, 0.1) is 25.0 Å². The summed E-state index contributed by atoms with van der Waals surface area (Å²) >= 11 is 0. The van der Waals surface area contributed by atoms with Gasteiger partial charge < -0.3 is 9.64 Å². The molecule has 0 saturated carbocycles. The summed E-state index contributed by atoms with van der Waals surface area (Å²) < 4.78 is 5.40. The van der Waals surface area contributed by atoms with Gasteiger partial charge in [0.15, 0.2) is 0 Å². The fraction of sp³-hybridized carbons (Fsp3) is 0.714. The predicted octanol–water partition coefficient (Wildman–Crippen LogP) is 0.655. The highest BCUT2D eigenvalue weighted by atomic mass is 16.5. The fourth-order valence-corrected chi connectivity index (χ4v) is 3.12. The second-order valence-corrected chi connectivity index (χ2v) is 5.60. The molecule has 2 aliphatic heterocycles. The number of ether oxygens (including phenoxy) is 1. The lowest BCUT2D eigenvalue weighted by Crippen LogP contribution is -2.52. The van der Waals surface area contributed by atoms with Gasteiger partial charge in [-0.05, 0) is 19.8 Å². The number of nitrogens with zero attached hydrogens (tertiary/aromatic N) is 3. The van der Waals surface area contributed by atoms with Crippen molar-refractivity contribution in [2.75, 3.05) is 39.4 Å². The third kappa shape index (κ3) is 2.71. The van der Waals surface area contributed by atoms with Gasteiger partial charge in [-0.15, -0.1) is 0 Å². The Kier molecular flexibility index (Phi) is 4.03. The smallest absolute Gasteiger partial charge is 0.257 e. The Bertz CT molecular complexity index is 467. The molecule has 6 nitrogen and oxygen atoms in total. The summed E-state index contributed by atoms with van der Waals surface area (Å²) in [6, 6.07) is 0.476. The molecule has 3 heterocycles. The van der Waals surface area contributed by atoms with Crippen LogP contribution in [0.5, 0.6) is 0 Å². The maximum absolute atomic E-state index is 12.5. The first-order valence-electron chi connectivity index (χ1n) is 7.37. The van der Waals surface area contributed by atoms with E-state index in [0.717, 1.165) is 51.5 Å². The standard InChI is InChI=1S/C14H22N4O2/c1-11-13(9-15-16-11)14(19)18-4-2-3-12(10-18)17-5-7-20-8-6-17/h9,12H,2-8,10H2,1H3,(H,15,16)/t12-/m0/s1. The van der Waals surface area contributed by atoms with E-state index in [9.17, 15) is 4.79 Å². The fourth-order valence-electron chi connectivity index (χ4n) is 3.12. The number of aromatic amines is 1. The molecule has 0 aliphatic carbocycles. The summed E-state index contributed by atoms with van der Waals surface area (Å²) in [7, 11) is 0. The van der Waals surface area contributed by atoms with Gasteiger partial charge in [0.25, 0.3) is 5.91 Å². The molecule has 0 spiro atoms. The minimum absolute atomic E-state index is 0.106. The zero-order chi connectivity index (χ0) is 13.9. The van der Waals surface area contributed by atoms with Crippen molar-refractivity contribution < 1.29 is 9.53 Å². The molecule has 0 bridgehead atoms. The summed E-state index contributed by atoms with van der Waals surface area (Å²) in [6.45, 7) is 7.16. The van der Waals surface area contributed by atoms with E-state index in [1.165, 1.54) is 6.42 Å². The number of nitrogens with one attached hydrogen (secondary N) is 1. The van der Waals surface area contributed by atoms with Crippen molar-refractivity contribution in [3.63, 3.8) is 0 Å². The highest BCUT2D eigenvalue weighted by Crippen LogP contribution is 2.19. The molecule has 110 valence electrons. The van der Waals surface area contributed by atoms with Crippen LogP contribution in [0.3, 0.4) is 0 Å². The van der Waals surface area contributed by atoms with E-state index in [1.807, 2.05) is 11.8 Å². The number of hydrogen-bond acceptors (Lipinski definition) is 4. The lowest BCUT2D eigenvalue weighted by Gasteiger charge is -2.40.